The van der Waals surface area contributed by atoms with Crippen molar-refractivity contribution < 1.29 is 12.6 Å². The van der Waals surface area contributed by atoms with E-state index in [1.54, 1.807) is 12.1 Å². The van der Waals surface area contributed by atoms with E-state index in [-0.39, 0.29) is 10.8 Å². The third kappa shape index (κ3) is 5.23. The number of aryl methyl sites for hydroxylation is 1. The smallest absolute Gasteiger partial charge is 0.264 e. The number of nitrogens with zero attached hydrogens (tertiary/aromatic N) is 2. The first-order chi connectivity index (χ1) is 14.5. The minimum absolute atomic E-state index is 0.0764. The number of sulfonamides is 1. The van der Waals surface area contributed by atoms with Gasteiger partial charge in [0.05, 0.1) is 30.9 Å². The summed E-state index contributed by atoms with van der Waals surface area (Å²) >= 11 is 0. The van der Waals surface area contributed by atoms with Gasteiger partial charge in [-0.1, -0.05) is 32.9 Å². The van der Waals surface area contributed by atoms with Gasteiger partial charge in [0.25, 0.3) is 10.0 Å². The molecule has 0 saturated carbocycles. The van der Waals surface area contributed by atoms with Crippen molar-refractivity contribution in [1.82, 2.24) is 0 Å². The molecule has 1 aliphatic rings. The lowest BCUT2D eigenvalue weighted by molar-refractivity contribution is 0.577. The highest BCUT2D eigenvalue weighted by atomic mass is 32.2. The van der Waals surface area contributed by atoms with Crippen LogP contribution in [0.15, 0.2) is 52.3 Å². The predicted octanol–water partition coefficient (Wildman–Crippen LogP) is 4.74. The molecule has 2 aromatic carbocycles. The van der Waals surface area contributed by atoms with Crippen molar-refractivity contribution in [3.8, 4) is 0 Å². The lowest BCUT2D eigenvalue weighted by atomic mass is 10.1. The molecule has 1 fully saturated rings. The molecule has 0 spiro atoms. The molecule has 0 radical (unpaired) electrons. The van der Waals surface area contributed by atoms with Crippen LogP contribution in [0.1, 0.15) is 39.2 Å². The van der Waals surface area contributed by atoms with Crippen LogP contribution in [0.25, 0.3) is 0 Å². The van der Waals surface area contributed by atoms with Crippen LogP contribution in [0.5, 0.6) is 0 Å². The number of benzene rings is 2. The van der Waals surface area contributed by atoms with Crippen LogP contribution in [-0.2, 0) is 26.2 Å². The van der Waals surface area contributed by atoms with Gasteiger partial charge >= 0.3 is 0 Å². The van der Waals surface area contributed by atoms with Gasteiger partial charge < -0.3 is 4.90 Å². The van der Waals surface area contributed by atoms with E-state index in [1.165, 1.54) is 16.6 Å². The van der Waals surface area contributed by atoms with Gasteiger partial charge in [0.15, 0.2) is 0 Å². The maximum Gasteiger partial charge on any atom is 0.264 e. The van der Waals surface area contributed by atoms with E-state index in [2.05, 4.69) is 11.8 Å². The topological polar surface area (TPSA) is 81.5 Å². The first kappa shape index (κ1) is 23.6. The fourth-order valence-electron chi connectivity index (χ4n) is 3.89. The molecule has 3 rings (SSSR count). The molecular weight excluding hydrogens is 430 g/mol. The summed E-state index contributed by atoms with van der Waals surface area (Å²) < 4.78 is 49.8. The third-order valence-corrected chi connectivity index (χ3v) is 8.51. The molecule has 1 heterocycles. The highest BCUT2D eigenvalue weighted by Crippen LogP contribution is 2.33. The Hall–Kier alpha value is -2.06. The maximum atomic E-state index is 13.7. The molecule has 8 heteroatoms. The Morgan fingerprint density at radius 2 is 1.65 bits per heavy atom. The lowest BCUT2D eigenvalue weighted by Crippen LogP contribution is -2.34. The van der Waals surface area contributed by atoms with Gasteiger partial charge in [0, 0.05) is 25.9 Å². The van der Waals surface area contributed by atoms with E-state index in [4.69, 9.17) is 4.78 Å². The second-order valence-electron chi connectivity index (χ2n) is 8.62. The Bertz CT molecular complexity index is 1120. The molecule has 1 N–H and O–H groups in total. The fourth-order valence-corrected chi connectivity index (χ4v) is 6.56. The molecule has 31 heavy (non-hydrogen) atoms. The van der Waals surface area contributed by atoms with Crippen molar-refractivity contribution in [2.45, 2.75) is 49.8 Å². The zero-order valence-electron chi connectivity index (χ0n) is 18.8. The molecule has 0 amide bonds. The fraction of sp³-hybridized carbons (Fsp3) is 0.478. The second-order valence-corrected chi connectivity index (χ2v) is 12.6. The van der Waals surface area contributed by atoms with Crippen LogP contribution in [0.2, 0.25) is 0 Å². The molecular formula is C23H33N3O3S2. The third-order valence-electron chi connectivity index (χ3n) is 5.55. The van der Waals surface area contributed by atoms with Crippen molar-refractivity contribution in [3.63, 3.8) is 0 Å². The molecule has 1 saturated heterocycles. The van der Waals surface area contributed by atoms with Crippen molar-refractivity contribution in [2.24, 2.45) is 5.92 Å². The number of hydrogen-bond donors (Lipinski definition) is 1. The van der Waals surface area contributed by atoms with Crippen LogP contribution in [0.3, 0.4) is 0 Å². The summed E-state index contributed by atoms with van der Waals surface area (Å²) in [5.41, 5.74) is 2.46. The summed E-state index contributed by atoms with van der Waals surface area (Å²) in [5.74, 6) is 0.121. The zero-order chi connectivity index (χ0) is 22.8. The molecule has 1 atom stereocenters. The zero-order valence-corrected chi connectivity index (χ0v) is 20.4. The first-order valence-corrected chi connectivity index (χ1v) is 14.2. The van der Waals surface area contributed by atoms with Gasteiger partial charge in [0.1, 0.15) is 0 Å². The van der Waals surface area contributed by atoms with E-state index in [1.807, 2.05) is 38.1 Å². The molecule has 1 unspecified atom stereocenters. The number of nitrogens with one attached hydrogen (secondary N) is 1. The summed E-state index contributed by atoms with van der Waals surface area (Å²) in [5, 5.41) is 0. The van der Waals surface area contributed by atoms with Crippen LogP contribution in [-0.4, -0.2) is 38.5 Å². The summed E-state index contributed by atoms with van der Waals surface area (Å²) in [6.07, 6.45) is 4.32. The van der Waals surface area contributed by atoms with E-state index < -0.39 is 19.8 Å². The summed E-state index contributed by atoms with van der Waals surface area (Å²) in [4.78, 5) is 2.47. The summed E-state index contributed by atoms with van der Waals surface area (Å²) in [6, 6.07) is 12.3. The Morgan fingerprint density at radius 3 is 2.16 bits per heavy atom. The maximum absolute atomic E-state index is 13.7. The van der Waals surface area contributed by atoms with Crippen LogP contribution >= 0.6 is 0 Å². The van der Waals surface area contributed by atoms with Gasteiger partial charge in [-0.3, -0.25) is 4.31 Å². The minimum Gasteiger partial charge on any atom is -0.371 e. The largest absolute Gasteiger partial charge is 0.371 e. The Kier molecular flexibility index (Phi) is 7.01. The quantitative estimate of drug-likeness (QED) is 0.613. The normalized spacial score (nSPS) is 16.5. The average Bonchev–Trinajstić information content (AvgIpc) is 3.25. The molecule has 0 bridgehead atoms. The van der Waals surface area contributed by atoms with Crippen LogP contribution in [0, 0.1) is 10.7 Å². The Balaban J connectivity index is 2.10. The lowest BCUT2D eigenvalue weighted by Gasteiger charge is -2.28. The number of anilines is 2. The van der Waals surface area contributed by atoms with E-state index in [9.17, 15) is 12.6 Å². The summed E-state index contributed by atoms with van der Waals surface area (Å²) in [7, 11) is -6.99. The van der Waals surface area contributed by atoms with E-state index in [0.717, 1.165) is 37.9 Å². The molecule has 0 aromatic heterocycles. The highest BCUT2D eigenvalue weighted by molar-refractivity contribution is 7.93. The molecule has 6 nitrogen and oxygen atoms in total. The van der Waals surface area contributed by atoms with Gasteiger partial charge in [0.2, 0.25) is 0 Å². The Labute approximate surface area is 187 Å². The molecule has 2 aromatic rings. The average molecular weight is 464 g/mol. The summed E-state index contributed by atoms with van der Waals surface area (Å²) in [6.45, 7) is 8.01. The first-order valence-electron chi connectivity index (χ1n) is 10.8. The molecule has 1 aliphatic heterocycles. The minimum atomic E-state index is -3.89. The van der Waals surface area contributed by atoms with Gasteiger partial charge in [-0.05, 0) is 61.1 Å². The van der Waals surface area contributed by atoms with Gasteiger partial charge in [-0.2, -0.15) is 0 Å². The monoisotopic (exact) mass is 463 g/mol. The highest BCUT2D eigenvalue weighted by Gasteiger charge is 2.28. The Morgan fingerprint density at radius 1 is 1.03 bits per heavy atom. The van der Waals surface area contributed by atoms with Crippen LogP contribution < -0.4 is 9.21 Å². The van der Waals surface area contributed by atoms with Crippen molar-refractivity contribution in [1.29, 1.82) is 4.78 Å². The van der Waals surface area contributed by atoms with Crippen molar-refractivity contribution in [3.05, 3.63) is 48.0 Å². The SMILES string of the molecule is CCc1ccc(N(CC(C)C)S(=O)(=O)c2ccc(N3CCCC3)c(S(C)(=N)=O)c2)cc1. The van der Waals surface area contributed by atoms with Gasteiger partial charge in [-0.15, -0.1) is 0 Å². The van der Waals surface area contributed by atoms with Crippen LogP contribution in [0.4, 0.5) is 11.4 Å². The van der Waals surface area contributed by atoms with Crippen molar-refractivity contribution in [2.75, 3.05) is 35.1 Å². The molecule has 170 valence electrons. The second kappa shape index (κ2) is 9.20. The van der Waals surface area contributed by atoms with E-state index in [0.29, 0.717) is 22.8 Å². The van der Waals surface area contributed by atoms with Crippen molar-refractivity contribution >= 4 is 31.1 Å². The molecule has 0 aliphatic carbocycles. The predicted molar refractivity (Wildman–Crippen MR) is 128 cm³/mol. The number of rotatable bonds is 8. The number of hydrogen-bond acceptors (Lipinski definition) is 5. The standard InChI is InChI=1S/C23H33N3O3S2/c1-5-19-8-10-20(11-9-19)26(17-18(2)3)31(28,29)21-12-13-22(25-14-6-7-15-25)23(16-21)30(4,24)27/h8-13,16,18,24H,5-7,14-15,17H2,1-4H3. The van der Waals surface area contributed by atoms with E-state index >= 15 is 0 Å². The van der Waals surface area contributed by atoms with Gasteiger partial charge in [-0.25, -0.2) is 17.4 Å².